The number of methoxy groups -OCH3 is 1. The van der Waals surface area contributed by atoms with Gasteiger partial charge in [0.05, 0.1) is 19.2 Å². The lowest BCUT2D eigenvalue weighted by molar-refractivity contribution is -0.136. The molecular weight excluding hydrogens is 346 g/mol. The topological polar surface area (TPSA) is 73.3 Å². The summed E-state index contributed by atoms with van der Waals surface area (Å²) in [5.74, 6) is 0.441. The Hall–Kier alpha value is -2.28. The van der Waals surface area contributed by atoms with E-state index in [1.54, 1.807) is 17.0 Å². The van der Waals surface area contributed by atoms with Crippen molar-refractivity contribution in [3.8, 4) is 11.5 Å². The van der Waals surface area contributed by atoms with E-state index in [2.05, 4.69) is 11.8 Å². The number of carbonyl (C=O) groups excluding carboxylic acids is 2. The first-order valence-electron chi connectivity index (χ1n) is 9.67. The Morgan fingerprint density at radius 3 is 2.52 bits per heavy atom. The largest absolute Gasteiger partial charge is 0.507 e. The third-order valence-electron chi connectivity index (χ3n) is 5.58. The number of piperidine rings is 1. The molecule has 7 heteroatoms. The van der Waals surface area contributed by atoms with Crippen LogP contribution in [-0.4, -0.2) is 84.0 Å². The molecule has 0 unspecified atom stereocenters. The minimum Gasteiger partial charge on any atom is -0.507 e. The van der Waals surface area contributed by atoms with Crippen molar-refractivity contribution in [2.75, 3.05) is 46.4 Å². The minimum atomic E-state index is -0.189. The molecule has 148 valence electrons. The molecule has 2 saturated heterocycles. The summed E-state index contributed by atoms with van der Waals surface area (Å²) in [6.07, 6.45) is 3.37. The second-order valence-corrected chi connectivity index (χ2v) is 7.38. The molecule has 0 aliphatic carbocycles. The van der Waals surface area contributed by atoms with Gasteiger partial charge in [0.1, 0.15) is 11.5 Å². The number of piperazine rings is 1. The average molecular weight is 375 g/mol. The molecule has 2 fully saturated rings. The SMILES string of the molecule is COc1ccc(C(=O)N2CCN(CC(=O)N3CCCC[C@H]3C)CC2)c(O)c1. The molecule has 0 radical (unpaired) electrons. The first-order chi connectivity index (χ1) is 13.0. The van der Waals surface area contributed by atoms with E-state index >= 15 is 0 Å². The molecule has 3 rings (SSSR count). The van der Waals surface area contributed by atoms with Crippen LogP contribution in [0.15, 0.2) is 18.2 Å². The lowest BCUT2D eigenvalue weighted by Gasteiger charge is -2.38. The molecule has 2 aliphatic rings. The van der Waals surface area contributed by atoms with Gasteiger partial charge in [0.15, 0.2) is 0 Å². The Morgan fingerprint density at radius 1 is 1.15 bits per heavy atom. The van der Waals surface area contributed by atoms with Gasteiger partial charge in [-0.25, -0.2) is 0 Å². The lowest BCUT2D eigenvalue weighted by atomic mass is 10.0. The molecule has 0 saturated carbocycles. The Bertz CT molecular complexity index is 686. The summed E-state index contributed by atoms with van der Waals surface area (Å²) >= 11 is 0. The van der Waals surface area contributed by atoms with E-state index in [1.165, 1.54) is 19.6 Å². The molecular formula is C20H29N3O4. The highest BCUT2D eigenvalue weighted by molar-refractivity contribution is 5.97. The maximum atomic E-state index is 12.7. The van der Waals surface area contributed by atoms with Crippen LogP contribution in [0.2, 0.25) is 0 Å². The molecule has 1 N–H and O–H groups in total. The fraction of sp³-hybridized carbons (Fsp3) is 0.600. The van der Waals surface area contributed by atoms with E-state index in [4.69, 9.17) is 4.74 Å². The molecule has 1 aromatic rings. The molecule has 2 amide bonds. The van der Waals surface area contributed by atoms with Crippen LogP contribution in [0.3, 0.4) is 0 Å². The van der Waals surface area contributed by atoms with Gasteiger partial charge in [-0.1, -0.05) is 0 Å². The Labute approximate surface area is 160 Å². The van der Waals surface area contributed by atoms with Crippen LogP contribution >= 0.6 is 0 Å². The molecule has 27 heavy (non-hydrogen) atoms. The molecule has 0 aromatic heterocycles. The van der Waals surface area contributed by atoms with Gasteiger partial charge in [0.25, 0.3) is 5.91 Å². The van der Waals surface area contributed by atoms with Gasteiger partial charge in [0.2, 0.25) is 5.91 Å². The number of phenols is 1. The van der Waals surface area contributed by atoms with Crippen LogP contribution in [0.5, 0.6) is 11.5 Å². The number of amides is 2. The zero-order valence-corrected chi connectivity index (χ0v) is 16.2. The van der Waals surface area contributed by atoms with E-state index in [1.807, 2.05) is 4.90 Å². The molecule has 1 aromatic carbocycles. The Balaban J connectivity index is 1.52. The van der Waals surface area contributed by atoms with Gasteiger partial charge in [-0.2, -0.15) is 0 Å². The van der Waals surface area contributed by atoms with Crippen molar-refractivity contribution >= 4 is 11.8 Å². The highest BCUT2D eigenvalue weighted by Gasteiger charge is 2.28. The third kappa shape index (κ3) is 4.53. The lowest BCUT2D eigenvalue weighted by Crippen LogP contribution is -2.53. The van der Waals surface area contributed by atoms with Gasteiger partial charge in [-0.05, 0) is 38.3 Å². The van der Waals surface area contributed by atoms with Crippen LogP contribution in [0.1, 0.15) is 36.5 Å². The highest BCUT2D eigenvalue weighted by atomic mass is 16.5. The van der Waals surface area contributed by atoms with E-state index < -0.39 is 0 Å². The van der Waals surface area contributed by atoms with E-state index in [-0.39, 0.29) is 23.1 Å². The van der Waals surface area contributed by atoms with Crippen molar-refractivity contribution in [1.82, 2.24) is 14.7 Å². The molecule has 2 heterocycles. The van der Waals surface area contributed by atoms with E-state index in [0.29, 0.717) is 44.5 Å². The average Bonchev–Trinajstić information content (AvgIpc) is 2.68. The van der Waals surface area contributed by atoms with Crippen molar-refractivity contribution in [1.29, 1.82) is 0 Å². The minimum absolute atomic E-state index is 0.0731. The summed E-state index contributed by atoms with van der Waals surface area (Å²) < 4.78 is 5.06. The summed E-state index contributed by atoms with van der Waals surface area (Å²) in [5, 5.41) is 10.1. The number of nitrogens with zero attached hydrogens (tertiary/aromatic N) is 3. The second-order valence-electron chi connectivity index (χ2n) is 7.38. The summed E-state index contributed by atoms with van der Waals surface area (Å²) in [4.78, 5) is 31.1. The number of rotatable bonds is 4. The molecule has 7 nitrogen and oxygen atoms in total. The number of hydrogen-bond donors (Lipinski definition) is 1. The highest BCUT2D eigenvalue weighted by Crippen LogP contribution is 2.25. The Morgan fingerprint density at radius 2 is 1.89 bits per heavy atom. The van der Waals surface area contributed by atoms with Gasteiger partial charge in [0, 0.05) is 44.8 Å². The summed E-state index contributed by atoms with van der Waals surface area (Å²) in [7, 11) is 1.52. The predicted octanol–water partition coefficient (Wildman–Crippen LogP) is 1.56. The normalized spacial score (nSPS) is 21.2. The number of hydrogen-bond acceptors (Lipinski definition) is 5. The Kier molecular flexibility index (Phi) is 6.21. The third-order valence-corrected chi connectivity index (χ3v) is 5.58. The van der Waals surface area contributed by atoms with Crippen molar-refractivity contribution in [2.45, 2.75) is 32.2 Å². The van der Waals surface area contributed by atoms with E-state index in [0.717, 1.165) is 19.4 Å². The number of likely N-dealkylation sites (tertiary alicyclic amines) is 1. The quantitative estimate of drug-likeness (QED) is 0.865. The standard InChI is InChI=1S/C20H29N3O4/c1-15-5-3-4-8-23(15)19(25)14-21-9-11-22(12-10-21)20(26)17-7-6-16(27-2)13-18(17)24/h6-7,13,15,24H,3-5,8-12,14H2,1-2H3/t15-/m1/s1. The van der Waals surface area contributed by atoms with Gasteiger partial charge in [-0.3, -0.25) is 14.5 Å². The fourth-order valence-electron chi connectivity index (χ4n) is 3.85. The van der Waals surface area contributed by atoms with Crippen LogP contribution in [0.25, 0.3) is 0 Å². The van der Waals surface area contributed by atoms with Crippen molar-refractivity contribution in [3.05, 3.63) is 23.8 Å². The number of aromatic hydroxyl groups is 1. The first kappa shape index (κ1) is 19.5. The predicted molar refractivity (Wildman–Crippen MR) is 102 cm³/mol. The summed E-state index contributed by atoms with van der Waals surface area (Å²) in [6.45, 7) is 5.82. The van der Waals surface area contributed by atoms with Crippen LogP contribution < -0.4 is 4.74 Å². The molecule has 0 spiro atoms. The van der Waals surface area contributed by atoms with Crippen molar-refractivity contribution < 1.29 is 19.4 Å². The second kappa shape index (κ2) is 8.61. The number of benzene rings is 1. The molecule has 2 aliphatic heterocycles. The van der Waals surface area contributed by atoms with Crippen LogP contribution in [-0.2, 0) is 4.79 Å². The van der Waals surface area contributed by atoms with Crippen LogP contribution in [0, 0.1) is 0 Å². The summed E-state index contributed by atoms with van der Waals surface area (Å²) in [5.41, 5.74) is 0.280. The van der Waals surface area contributed by atoms with Gasteiger partial charge >= 0.3 is 0 Å². The van der Waals surface area contributed by atoms with Crippen molar-refractivity contribution in [3.63, 3.8) is 0 Å². The summed E-state index contributed by atoms with van der Waals surface area (Å²) in [6, 6.07) is 5.03. The fourth-order valence-corrected chi connectivity index (χ4v) is 3.85. The molecule has 1 atom stereocenters. The number of carbonyl (C=O) groups is 2. The zero-order valence-electron chi connectivity index (χ0n) is 16.2. The monoisotopic (exact) mass is 375 g/mol. The van der Waals surface area contributed by atoms with Gasteiger partial charge in [-0.15, -0.1) is 0 Å². The van der Waals surface area contributed by atoms with Gasteiger partial charge < -0.3 is 19.6 Å². The first-order valence-corrected chi connectivity index (χ1v) is 9.67. The number of phenolic OH excluding ortho intramolecular Hbond substituents is 1. The maximum Gasteiger partial charge on any atom is 0.257 e. The zero-order chi connectivity index (χ0) is 19.4. The smallest absolute Gasteiger partial charge is 0.257 e. The maximum absolute atomic E-state index is 12.7. The number of ether oxygens (including phenoxy) is 1. The molecule has 0 bridgehead atoms. The van der Waals surface area contributed by atoms with Crippen LogP contribution in [0.4, 0.5) is 0 Å². The van der Waals surface area contributed by atoms with E-state index in [9.17, 15) is 14.7 Å². The van der Waals surface area contributed by atoms with Crippen molar-refractivity contribution in [2.24, 2.45) is 0 Å².